The summed E-state index contributed by atoms with van der Waals surface area (Å²) in [7, 11) is 0. The third-order valence-electron chi connectivity index (χ3n) is 3.11. The molecule has 5 heteroatoms. The molecule has 1 aromatic carbocycles. The van der Waals surface area contributed by atoms with Crippen LogP contribution in [0.25, 0.3) is 0 Å². The van der Waals surface area contributed by atoms with Crippen molar-refractivity contribution in [1.29, 1.82) is 0 Å². The fraction of sp³-hybridized carbons (Fsp3) is 0.385. The molecule has 96 valence electrons. The zero-order valence-corrected chi connectivity index (χ0v) is 11.1. The van der Waals surface area contributed by atoms with E-state index in [9.17, 15) is 9.59 Å². The molecule has 18 heavy (non-hydrogen) atoms. The Kier molecular flexibility index (Phi) is 3.57. The third kappa shape index (κ3) is 2.34. The number of nitrogens with one attached hydrogen (secondary N) is 1. The van der Waals surface area contributed by atoms with Crippen molar-refractivity contribution in [2.75, 3.05) is 4.90 Å². The van der Waals surface area contributed by atoms with Gasteiger partial charge in [0.05, 0.1) is 5.69 Å². The Morgan fingerprint density at radius 2 is 2.17 bits per heavy atom. The first kappa shape index (κ1) is 12.9. The second-order valence-electron chi connectivity index (χ2n) is 4.42. The minimum atomic E-state index is -0.377. The number of halogens is 1. The van der Waals surface area contributed by atoms with Gasteiger partial charge in [-0.2, -0.15) is 0 Å². The van der Waals surface area contributed by atoms with Crippen LogP contribution in [-0.2, 0) is 4.79 Å². The molecule has 1 aromatic rings. The molecule has 1 saturated heterocycles. The van der Waals surface area contributed by atoms with Crippen LogP contribution in [0.2, 0.25) is 5.02 Å². The Labute approximate surface area is 111 Å². The molecule has 1 fully saturated rings. The number of hydrogen-bond acceptors (Lipinski definition) is 2. The first-order chi connectivity index (χ1) is 8.52. The molecule has 0 radical (unpaired) electrons. The quantitative estimate of drug-likeness (QED) is 0.895. The molecule has 4 nitrogen and oxygen atoms in total. The molecule has 0 spiro atoms. The number of carbonyl (C=O) groups is 2. The fourth-order valence-corrected chi connectivity index (χ4v) is 2.11. The van der Waals surface area contributed by atoms with Crippen LogP contribution in [0.1, 0.15) is 25.3 Å². The minimum Gasteiger partial charge on any atom is -0.334 e. The maximum absolute atomic E-state index is 12.0. The van der Waals surface area contributed by atoms with Crippen LogP contribution in [0.5, 0.6) is 0 Å². The normalized spacial score (nSPS) is 19.9. The molecule has 0 saturated carbocycles. The van der Waals surface area contributed by atoms with Crippen LogP contribution in [0.3, 0.4) is 0 Å². The van der Waals surface area contributed by atoms with Crippen molar-refractivity contribution in [3.05, 3.63) is 28.8 Å². The first-order valence-electron chi connectivity index (χ1n) is 5.92. The number of imide groups is 1. The molecular weight excluding hydrogens is 252 g/mol. The van der Waals surface area contributed by atoms with E-state index in [-0.39, 0.29) is 18.0 Å². The van der Waals surface area contributed by atoms with Gasteiger partial charge in [-0.1, -0.05) is 24.6 Å². The van der Waals surface area contributed by atoms with Gasteiger partial charge >= 0.3 is 6.03 Å². The van der Waals surface area contributed by atoms with E-state index in [1.165, 1.54) is 0 Å². The van der Waals surface area contributed by atoms with Crippen molar-refractivity contribution in [3.63, 3.8) is 0 Å². The number of anilines is 1. The molecule has 0 aliphatic carbocycles. The number of nitrogens with zero attached hydrogens (tertiary/aromatic N) is 1. The minimum absolute atomic E-state index is 0.0674. The number of aryl methyl sites for hydroxylation is 1. The molecule has 1 N–H and O–H groups in total. The maximum atomic E-state index is 12.0. The topological polar surface area (TPSA) is 49.4 Å². The Hall–Kier alpha value is -1.55. The monoisotopic (exact) mass is 266 g/mol. The number of rotatable bonds is 2. The number of amides is 3. The Morgan fingerprint density at radius 1 is 1.44 bits per heavy atom. The highest BCUT2D eigenvalue weighted by Crippen LogP contribution is 2.25. The van der Waals surface area contributed by atoms with Crippen LogP contribution in [0, 0.1) is 6.92 Å². The summed E-state index contributed by atoms with van der Waals surface area (Å²) >= 11 is 6.01. The highest BCUT2D eigenvalue weighted by Gasteiger charge is 2.32. The Balaban J connectivity index is 2.30. The molecule has 1 unspecified atom stereocenters. The predicted molar refractivity (Wildman–Crippen MR) is 70.9 cm³/mol. The van der Waals surface area contributed by atoms with Crippen LogP contribution >= 0.6 is 11.6 Å². The lowest BCUT2D eigenvalue weighted by Gasteiger charge is -2.30. The van der Waals surface area contributed by atoms with Gasteiger partial charge < -0.3 is 5.32 Å². The molecule has 2 rings (SSSR count). The second-order valence-corrected chi connectivity index (χ2v) is 4.83. The molecule has 1 aliphatic rings. The largest absolute Gasteiger partial charge is 0.334 e. The zero-order valence-electron chi connectivity index (χ0n) is 10.4. The van der Waals surface area contributed by atoms with Crippen molar-refractivity contribution in [3.8, 4) is 0 Å². The Morgan fingerprint density at radius 3 is 2.72 bits per heavy atom. The number of carbonyl (C=O) groups excluding carboxylic acids is 2. The Bertz CT molecular complexity index is 484. The SMILES string of the molecule is CCC1CC(=O)N(c2ccc(C)c(Cl)c2)C(=O)N1. The molecule has 0 aromatic heterocycles. The second kappa shape index (κ2) is 4.98. The highest BCUT2D eigenvalue weighted by molar-refractivity contribution is 6.32. The average Bonchev–Trinajstić information content (AvgIpc) is 2.32. The van der Waals surface area contributed by atoms with E-state index in [1.54, 1.807) is 18.2 Å². The standard InChI is InChI=1S/C13H15ClN2O2/c1-3-9-6-12(17)16(13(18)15-9)10-5-4-8(2)11(14)7-10/h4-5,7,9H,3,6H2,1-2H3,(H,15,18). The van der Waals surface area contributed by atoms with Gasteiger partial charge in [0, 0.05) is 17.5 Å². The number of hydrogen-bond donors (Lipinski definition) is 1. The van der Waals surface area contributed by atoms with Crippen molar-refractivity contribution in [1.82, 2.24) is 5.32 Å². The van der Waals surface area contributed by atoms with Gasteiger partial charge in [0.2, 0.25) is 5.91 Å². The van der Waals surface area contributed by atoms with Gasteiger partial charge in [-0.25, -0.2) is 9.69 Å². The fourth-order valence-electron chi connectivity index (χ4n) is 1.93. The molecule has 1 atom stereocenters. The predicted octanol–water partition coefficient (Wildman–Crippen LogP) is 2.87. The maximum Gasteiger partial charge on any atom is 0.328 e. The van der Waals surface area contributed by atoms with E-state index < -0.39 is 0 Å². The van der Waals surface area contributed by atoms with Crippen LogP contribution in [0.4, 0.5) is 10.5 Å². The average molecular weight is 267 g/mol. The molecule has 1 heterocycles. The summed E-state index contributed by atoms with van der Waals surface area (Å²) in [5.74, 6) is -0.189. The van der Waals surface area contributed by atoms with Gasteiger partial charge in [0.25, 0.3) is 0 Å². The van der Waals surface area contributed by atoms with Gasteiger partial charge in [-0.3, -0.25) is 4.79 Å². The summed E-state index contributed by atoms with van der Waals surface area (Å²) in [6, 6.07) is 4.72. The number of benzene rings is 1. The molecule has 3 amide bonds. The van der Waals surface area contributed by atoms with E-state index in [1.807, 2.05) is 13.8 Å². The van der Waals surface area contributed by atoms with E-state index in [4.69, 9.17) is 11.6 Å². The highest BCUT2D eigenvalue weighted by atomic mass is 35.5. The van der Waals surface area contributed by atoms with Crippen LogP contribution in [0.15, 0.2) is 18.2 Å². The summed E-state index contributed by atoms with van der Waals surface area (Å²) in [6.45, 7) is 3.81. The molecular formula is C13H15ClN2O2. The number of urea groups is 1. The van der Waals surface area contributed by atoms with E-state index in [0.29, 0.717) is 17.1 Å². The third-order valence-corrected chi connectivity index (χ3v) is 3.51. The lowest BCUT2D eigenvalue weighted by atomic mass is 10.1. The van der Waals surface area contributed by atoms with E-state index in [2.05, 4.69) is 5.32 Å². The summed E-state index contributed by atoms with van der Waals surface area (Å²) < 4.78 is 0. The molecule has 1 aliphatic heterocycles. The van der Waals surface area contributed by atoms with Crippen molar-refractivity contribution in [2.45, 2.75) is 32.7 Å². The first-order valence-corrected chi connectivity index (χ1v) is 6.30. The smallest absolute Gasteiger partial charge is 0.328 e. The van der Waals surface area contributed by atoms with Gasteiger partial charge in [0.1, 0.15) is 0 Å². The zero-order chi connectivity index (χ0) is 13.3. The summed E-state index contributed by atoms with van der Waals surface area (Å²) in [4.78, 5) is 25.1. The summed E-state index contributed by atoms with van der Waals surface area (Å²) in [5, 5.41) is 3.35. The molecule has 0 bridgehead atoms. The van der Waals surface area contributed by atoms with Crippen molar-refractivity contribution < 1.29 is 9.59 Å². The van der Waals surface area contributed by atoms with E-state index in [0.717, 1.165) is 16.9 Å². The summed E-state index contributed by atoms with van der Waals surface area (Å²) in [5.41, 5.74) is 1.43. The summed E-state index contributed by atoms with van der Waals surface area (Å²) in [6.07, 6.45) is 1.08. The van der Waals surface area contributed by atoms with Gasteiger partial charge in [-0.15, -0.1) is 0 Å². The van der Waals surface area contributed by atoms with Gasteiger partial charge in [0.15, 0.2) is 0 Å². The van der Waals surface area contributed by atoms with Gasteiger partial charge in [-0.05, 0) is 31.0 Å². The van der Waals surface area contributed by atoms with Crippen LogP contribution in [-0.4, -0.2) is 18.0 Å². The van der Waals surface area contributed by atoms with Crippen molar-refractivity contribution in [2.24, 2.45) is 0 Å². The lowest BCUT2D eigenvalue weighted by Crippen LogP contribution is -2.54. The van der Waals surface area contributed by atoms with Crippen LogP contribution < -0.4 is 10.2 Å². The lowest BCUT2D eigenvalue weighted by molar-refractivity contribution is -0.119. The van der Waals surface area contributed by atoms with Crippen molar-refractivity contribution >= 4 is 29.2 Å². The van der Waals surface area contributed by atoms with E-state index >= 15 is 0 Å².